The fourth-order valence-corrected chi connectivity index (χ4v) is 3.11. The fraction of sp³-hybridized carbons (Fsp3) is 0.769. The van der Waals surface area contributed by atoms with Gasteiger partial charge in [0.15, 0.2) is 0 Å². The Hall–Kier alpha value is -0.790. The third kappa shape index (κ3) is 2.61. The van der Waals surface area contributed by atoms with Crippen molar-refractivity contribution in [1.29, 1.82) is 0 Å². The molecule has 0 spiro atoms. The molecule has 1 rings (SSSR count). The van der Waals surface area contributed by atoms with Crippen molar-refractivity contribution in [3.05, 3.63) is 12.7 Å². The Morgan fingerprint density at radius 3 is 2.47 bits per heavy atom. The molecule has 0 saturated heterocycles. The summed E-state index contributed by atoms with van der Waals surface area (Å²) in [7, 11) is 0. The Labute approximate surface area is 92.4 Å². The van der Waals surface area contributed by atoms with Crippen molar-refractivity contribution in [2.24, 2.45) is 11.3 Å². The number of hydrogen-bond donors (Lipinski definition) is 1. The molecule has 2 nitrogen and oxygen atoms in total. The first kappa shape index (κ1) is 12.3. The van der Waals surface area contributed by atoms with Gasteiger partial charge in [-0.3, -0.25) is 4.79 Å². The van der Waals surface area contributed by atoms with E-state index in [-0.39, 0.29) is 11.3 Å². The first-order valence-corrected chi connectivity index (χ1v) is 6.00. The van der Waals surface area contributed by atoms with Crippen LogP contribution in [0.3, 0.4) is 0 Å². The molecule has 86 valence electrons. The second kappa shape index (κ2) is 5.34. The van der Waals surface area contributed by atoms with Crippen LogP contribution in [-0.4, -0.2) is 11.1 Å². The van der Waals surface area contributed by atoms with Crippen molar-refractivity contribution in [3.63, 3.8) is 0 Å². The fourth-order valence-electron chi connectivity index (χ4n) is 3.11. The highest BCUT2D eigenvalue weighted by Crippen LogP contribution is 2.47. The quantitative estimate of drug-likeness (QED) is 0.704. The van der Waals surface area contributed by atoms with Crippen LogP contribution in [0.25, 0.3) is 0 Å². The van der Waals surface area contributed by atoms with Gasteiger partial charge in [-0.1, -0.05) is 32.3 Å². The molecule has 0 bridgehead atoms. The maximum Gasteiger partial charge on any atom is 0.307 e. The third-order valence-corrected chi connectivity index (χ3v) is 3.85. The van der Waals surface area contributed by atoms with Gasteiger partial charge in [-0.2, -0.15) is 0 Å². The summed E-state index contributed by atoms with van der Waals surface area (Å²) in [5.74, 6) is -0.808. The van der Waals surface area contributed by atoms with Gasteiger partial charge in [0, 0.05) is 0 Å². The van der Waals surface area contributed by atoms with Crippen molar-refractivity contribution < 1.29 is 9.90 Å². The smallest absolute Gasteiger partial charge is 0.307 e. The lowest BCUT2D eigenvalue weighted by atomic mass is 9.63. The van der Waals surface area contributed by atoms with Gasteiger partial charge in [-0.25, -0.2) is 0 Å². The van der Waals surface area contributed by atoms with E-state index in [1.165, 1.54) is 19.3 Å². The molecule has 1 saturated carbocycles. The molecule has 1 N–H and O–H groups in total. The maximum atomic E-state index is 11.3. The monoisotopic (exact) mass is 210 g/mol. The zero-order chi connectivity index (χ0) is 11.3. The zero-order valence-electron chi connectivity index (χ0n) is 9.67. The van der Waals surface area contributed by atoms with Gasteiger partial charge in [-0.05, 0) is 31.1 Å². The maximum absolute atomic E-state index is 11.3. The third-order valence-electron chi connectivity index (χ3n) is 3.85. The van der Waals surface area contributed by atoms with Crippen LogP contribution in [0.1, 0.15) is 51.9 Å². The highest BCUT2D eigenvalue weighted by Gasteiger charge is 2.41. The molecule has 0 aromatic heterocycles. The molecule has 0 radical (unpaired) electrons. The SMILES string of the molecule is C=CCC1(C(CC)C(=O)O)CCCCC1. The minimum absolute atomic E-state index is 0.000579. The molecule has 2 heteroatoms. The van der Waals surface area contributed by atoms with Crippen LogP contribution in [0.15, 0.2) is 12.7 Å². The summed E-state index contributed by atoms with van der Waals surface area (Å²) in [4.78, 5) is 11.3. The van der Waals surface area contributed by atoms with Crippen molar-refractivity contribution in [2.45, 2.75) is 51.9 Å². The minimum atomic E-state index is -0.624. The Bertz CT molecular complexity index is 227. The number of carbonyl (C=O) groups is 1. The zero-order valence-corrected chi connectivity index (χ0v) is 9.67. The van der Waals surface area contributed by atoms with E-state index < -0.39 is 5.97 Å². The molecule has 1 aliphatic carbocycles. The Balaban J connectivity index is 2.85. The molecule has 0 heterocycles. The summed E-state index contributed by atoms with van der Waals surface area (Å²) in [6.07, 6.45) is 9.23. The highest BCUT2D eigenvalue weighted by molar-refractivity contribution is 5.71. The number of carboxylic acid groups (broad SMARTS) is 1. The molecule has 1 aliphatic rings. The minimum Gasteiger partial charge on any atom is -0.481 e. The van der Waals surface area contributed by atoms with E-state index in [1.807, 2.05) is 13.0 Å². The van der Waals surface area contributed by atoms with Gasteiger partial charge < -0.3 is 5.11 Å². The van der Waals surface area contributed by atoms with Gasteiger partial charge in [0.05, 0.1) is 5.92 Å². The van der Waals surface area contributed by atoms with Crippen molar-refractivity contribution in [3.8, 4) is 0 Å². The van der Waals surface area contributed by atoms with Crippen LogP contribution >= 0.6 is 0 Å². The van der Waals surface area contributed by atoms with Gasteiger partial charge >= 0.3 is 5.97 Å². The summed E-state index contributed by atoms with van der Waals surface area (Å²) in [6, 6.07) is 0. The van der Waals surface area contributed by atoms with E-state index in [9.17, 15) is 9.90 Å². The second-order valence-corrected chi connectivity index (χ2v) is 4.71. The highest BCUT2D eigenvalue weighted by atomic mass is 16.4. The Morgan fingerprint density at radius 1 is 1.47 bits per heavy atom. The number of allylic oxidation sites excluding steroid dienone is 1. The van der Waals surface area contributed by atoms with E-state index in [0.717, 1.165) is 25.7 Å². The van der Waals surface area contributed by atoms with Crippen LogP contribution in [0.5, 0.6) is 0 Å². The molecule has 0 amide bonds. The lowest BCUT2D eigenvalue weighted by Gasteiger charge is -2.41. The first-order chi connectivity index (χ1) is 7.16. The average Bonchev–Trinajstić information content (AvgIpc) is 2.19. The summed E-state index contributed by atoms with van der Waals surface area (Å²) in [6.45, 7) is 5.77. The van der Waals surface area contributed by atoms with Crippen molar-refractivity contribution in [1.82, 2.24) is 0 Å². The molecule has 15 heavy (non-hydrogen) atoms. The van der Waals surface area contributed by atoms with E-state index in [4.69, 9.17) is 0 Å². The molecule has 1 atom stereocenters. The largest absolute Gasteiger partial charge is 0.481 e. The number of rotatable bonds is 5. The van der Waals surface area contributed by atoms with Crippen molar-refractivity contribution in [2.75, 3.05) is 0 Å². The topological polar surface area (TPSA) is 37.3 Å². The van der Waals surface area contributed by atoms with Gasteiger partial charge in [0.2, 0.25) is 0 Å². The standard InChI is InChI=1S/C13H22O2/c1-3-8-13(9-6-5-7-10-13)11(4-2)12(14)15/h3,11H,1,4-10H2,2H3,(H,14,15). The molecule has 0 aromatic carbocycles. The van der Waals surface area contributed by atoms with Crippen LogP contribution in [0, 0.1) is 11.3 Å². The van der Waals surface area contributed by atoms with E-state index in [1.54, 1.807) is 0 Å². The molecule has 1 unspecified atom stereocenters. The summed E-state index contributed by atoms with van der Waals surface area (Å²) in [5, 5.41) is 9.28. The van der Waals surface area contributed by atoms with Crippen LogP contribution in [0.4, 0.5) is 0 Å². The van der Waals surface area contributed by atoms with Crippen LogP contribution in [-0.2, 0) is 4.79 Å². The van der Waals surface area contributed by atoms with E-state index in [0.29, 0.717) is 0 Å². The normalized spacial score (nSPS) is 21.9. The molecule has 0 aromatic rings. The lowest BCUT2D eigenvalue weighted by Crippen LogP contribution is -2.37. The van der Waals surface area contributed by atoms with Crippen molar-refractivity contribution >= 4 is 5.97 Å². The number of carboxylic acids is 1. The van der Waals surface area contributed by atoms with E-state index in [2.05, 4.69) is 6.58 Å². The molecular formula is C13H22O2. The Morgan fingerprint density at radius 2 is 2.07 bits per heavy atom. The molecular weight excluding hydrogens is 188 g/mol. The number of hydrogen-bond acceptors (Lipinski definition) is 1. The Kier molecular flexibility index (Phi) is 4.37. The second-order valence-electron chi connectivity index (χ2n) is 4.71. The van der Waals surface area contributed by atoms with Crippen LogP contribution < -0.4 is 0 Å². The van der Waals surface area contributed by atoms with Gasteiger partial charge in [-0.15, -0.1) is 6.58 Å². The molecule has 1 fully saturated rings. The number of aliphatic carboxylic acids is 1. The first-order valence-electron chi connectivity index (χ1n) is 6.00. The van der Waals surface area contributed by atoms with Gasteiger partial charge in [0.25, 0.3) is 0 Å². The summed E-state index contributed by atoms with van der Waals surface area (Å²) >= 11 is 0. The lowest BCUT2D eigenvalue weighted by molar-refractivity contribution is -0.148. The van der Waals surface area contributed by atoms with E-state index >= 15 is 0 Å². The van der Waals surface area contributed by atoms with Gasteiger partial charge in [0.1, 0.15) is 0 Å². The van der Waals surface area contributed by atoms with Crippen LogP contribution in [0.2, 0.25) is 0 Å². The average molecular weight is 210 g/mol. The predicted molar refractivity (Wildman–Crippen MR) is 61.7 cm³/mol. The summed E-state index contributed by atoms with van der Waals surface area (Å²) in [5.41, 5.74) is 0.000579. The predicted octanol–water partition coefficient (Wildman–Crippen LogP) is 3.62. The summed E-state index contributed by atoms with van der Waals surface area (Å²) < 4.78 is 0. The molecule has 0 aliphatic heterocycles.